The number of amides is 2. The van der Waals surface area contributed by atoms with Crippen molar-refractivity contribution in [3.8, 4) is 0 Å². The zero-order valence-electron chi connectivity index (χ0n) is 14.6. The number of piperidine rings is 1. The van der Waals surface area contributed by atoms with Gasteiger partial charge in [-0.15, -0.1) is 0 Å². The number of ether oxygens (including phenoxy) is 2. The highest BCUT2D eigenvalue weighted by atomic mass is 16.7. The maximum Gasteiger partial charge on any atom is 0.224 e. The maximum absolute atomic E-state index is 12.5. The van der Waals surface area contributed by atoms with Gasteiger partial charge in [-0.2, -0.15) is 0 Å². The molecular formula is C18H25N3O4. The van der Waals surface area contributed by atoms with E-state index in [2.05, 4.69) is 4.98 Å². The quantitative estimate of drug-likeness (QED) is 0.800. The molecule has 25 heavy (non-hydrogen) atoms. The Hall–Kier alpha value is -1.99. The molecule has 7 nitrogen and oxygen atoms in total. The Morgan fingerprint density at radius 1 is 1.24 bits per heavy atom. The van der Waals surface area contributed by atoms with Crippen LogP contribution in [0, 0.1) is 0 Å². The summed E-state index contributed by atoms with van der Waals surface area (Å²) < 4.78 is 11.4. The van der Waals surface area contributed by atoms with Gasteiger partial charge in [0.25, 0.3) is 0 Å². The summed E-state index contributed by atoms with van der Waals surface area (Å²) in [6.07, 6.45) is 3.45. The normalized spacial score (nSPS) is 19.2. The Balaban J connectivity index is 1.47. The van der Waals surface area contributed by atoms with Crippen molar-refractivity contribution in [3.05, 3.63) is 30.1 Å². The minimum absolute atomic E-state index is 0.0520. The molecule has 0 N–H and O–H groups in total. The van der Waals surface area contributed by atoms with E-state index in [-0.39, 0.29) is 11.8 Å². The van der Waals surface area contributed by atoms with Gasteiger partial charge in [-0.05, 0) is 12.1 Å². The predicted octanol–water partition coefficient (Wildman–Crippen LogP) is 1.19. The molecule has 0 bridgehead atoms. The van der Waals surface area contributed by atoms with Crippen molar-refractivity contribution >= 4 is 11.8 Å². The smallest absolute Gasteiger partial charge is 0.224 e. The Morgan fingerprint density at radius 3 is 2.56 bits per heavy atom. The highest BCUT2D eigenvalue weighted by molar-refractivity contribution is 5.78. The summed E-state index contributed by atoms with van der Waals surface area (Å²) in [4.78, 5) is 32.1. The molecule has 3 rings (SSSR count). The Bertz CT molecular complexity index is 592. The summed E-state index contributed by atoms with van der Waals surface area (Å²) in [7, 11) is 0. The topological polar surface area (TPSA) is 72.0 Å². The largest absolute Gasteiger partial charge is 0.347 e. The first-order valence-electron chi connectivity index (χ1n) is 8.79. The molecule has 1 spiro atoms. The minimum atomic E-state index is -0.471. The summed E-state index contributed by atoms with van der Waals surface area (Å²) >= 11 is 0. The van der Waals surface area contributed by atoms with Crippen LogP contribution in [0.1, 0.15) is 31.9 Å². The van der Waals surface area contributed by atoms with Crippen molar-refractivity contribution < 1.29 is 19.1 Å². The molecule has 0 aliphatic carbocycles. The van der Waals surface area contributed by atoms with E-state index in [1.807, 2.05) is 23.1 Å². The van der Waals surface area contributed by atoms with Gasteiger partial charge in [0.15, 0.2) is 5.79 Å². The fourth-order valence-corrected chi connectivity index (χ4v) is 3.31. The van der Waals surface area contributed by atoms with Crippen molar-refractivity contribution in [2.45, 2.75) is 38.5 Å². The third kappa shape index (κ3) is 4.55. The average molecular weight is 347 g/mol. The van der Waals surface area contributed by atoms with Gasteiger partial charge in [0.1, 0.15) is 0 Å². The maximum atomic E-state index is 12.5. The van der Waals surface area contributed by atoms with Gasteiger partial charge in [0.05, 0.1) is 25.5 Å². The van der Waals surface area contributed by atoms with Gasteiger partial charge in [-0.25, -0.2) is 0 Å². The molecule has 0 radical (unpaired) electrons. The number of nitrogens with zero attached hydrogens (tertiary/aromatic N) is 3. The van der Waals surface area contributed by atoms with E-state index >= 15 is 0 Å². The Morgan fingerprint density at radius 2 is 1.96 bits per heavy atom. The van der Waals surface area contributed by atoms with Crippen LogP contribution in [0.4, 0.5) is 0 Å². The van der Waals surface area contributed by atoms with Crippen LogP contribution in [0.3, 0.4) is 0 Å². The van der Waals surface area contributed by atoms with E-state index < -0.39 is 5.79 Å². The van der Waals surface area contributed by atoms with Crippen LogP contribution < -0.4 is 0 Å². The summed E-state index contributed by atoms with van der Waals surface area (Å²) in [6, 6.07) is 5.61. The first-order chi connectivity index (χ1) is 12.1. The molecule has 2 fully saturated rings. The zero-order valence-corrected chi connectivity index (χ0v) is 14.6. The zero-order chi connectivity index (χ0) is 17.7. The number of carbonyl (C=O) groups excluding carboxylic acids is 2. The molecule has 7 heteroatoms. The van der Waals surface area contributed by atoms with Crippen molar-refractivity contribution in [2.24, 2.45) is 0 Å². The molecule has 0 aromatic carbocycles. The number of aromatic nitrogens is 1. The SMILES string of the molecule is CC(=O)N(CCC(=O)N1CCC2(CC1)OCCO2)Cc1ccccn1. The Labute approximate surface area is 147 Å². The summed E-state index contributed by atoms with van der Waals surface area (Å²) in [5.74, 6) is -0.454. The molecule has 136 valence electrons. The first kappa shape index (κ1) is 17.8. The summed E-state index contributed by atoms with van der Waals surface area (Å²) in [5.41, 5.74) is 0.820. The predicted molar refractivity (Wildman–Crippen MR) is 90.4 cm³/mol. The summed E-state index contributed by atoms with van der Waals surface area (Å²) in [5, 5.41) is 0. The van der Waals surface area contributed by atoms with Gasteiger partial charge in [0.2, 0.25) is 11.8 Å². The lowest BCUT2D eigenvalue weighted by Crippen LogP contribution is -2.47. The highest BCUT2D eigenvalue weighted by Gasteiger charge is 2.40. The van der Waals surface area contributed by atoms with Crippen molar-refractivity contribution in [1.82, 2.24) is 14.8 Å². The van der Waals surface area contributed by atoms with Crippen LogP contribution in [0.5, 0.6) is 0 Å². The fourth-order valence-electron chi connectivity index (χ4n) is 3.31. The number of carbonyl (C=O) groups is 2. The van der Waals surface area contributed by atoms with Gasteiger partial charge in [-0.1, -0.05) is 6.07 Å². The van der Waals surface area contributed by atoms with Gasteiger partial charge >= 0.3 is 0 Å². The van der Waals surface area contributed by atoms with Crippen LogP contribution in [0.15, 0.2) is 24.4 Å². The molecule has 2 aliphatic heterocycles. The van der Waals surface area contributed by atoms with Crippen LogP contribution in [0.2, 0.25) is 0 Å². The highest BCUT2D eigenvalue weighted by Crippen LogP contribution is 2.31. The molecular weight excluding hydrogens is 322 g/mol. The van der Waals surface area contributed by atoms with E-state index in [1.54, 1.807) is 11.1 Å². The molecule has 2 saturated heterocycles. The number of rotatable bonds is 5. The molecule has 2 amide bonds. The van der Waals surface area contributed by atoms with Gasteiger partial charge in [0, 0.05) is 52.0 Å². The van der Waals surface area contributed by atoms with Crippen LogP contribution in [-0.2, 0) is 25.6 Å². The van der Waals surface area contributed by atoms with Gasteiger partial charge in [-0.3, -0.25) is 14.6 Å². The molecule has 1 aromatic heterocycles. The van der Waals surface area contributed by atoms with E-state index in [0.29, 0.717) is 58.7 Å². The number of hydrogen-bond acceptors (Lipinski definition) is 5. The van der Waals surface area contributed by atoms with Crippen LogP contribution in [0.25, 0.3) is 0 Å². The van der Waals surface area contributed by atoms with Gasteiger partial charge < -0.3 is 19.3 Å². The molecule has 0 atom stereocenters. The fraction of sp³-hybridized carbons (Fsp3) is 0.611. The standard InChI is InChI=1S/C18H25N3O4/c1-15(22)21(14-16-4-2-3-8-19-16)9-5-17(23)20-10-6-18(7-11-20)24-12-13-25-18/h2-4,8H,5-7,9-14H2,1H3. The molecule has 3 heterocycles. The van der Waals surface area contributed by atoms with Crippen molar-refractivity contribution in [2.75, 3.05) is 32.8 Å². The number of likely N-dealkylation sites (tertiary alicyclic amines) is 1. The molecule has 1 aromatic rings. The average Bonchev–Trinajstić information content (AvgIpc) is 3.07. The third-order valence-corrected chi connectivity index (χ3v) is 4.81. The molecule has 0 unspecified atom stereocenters. The van der Waals surface area contributed by atoms with Crippen LogP contribution >= 0.6 is 0 Å². The van der Waals surface area contributed by atoms with E-state index in [1.165, 1.54) is 6.92 Å². The first-order valence-corrected chi connectivity index (χ1v) is 8.79. The number of pyridine rings is 1. The van der Waals surface area contributed by atoms with Crippen molar-refractivity contribution in [3.63, 3.8) is 0 Å². The molecule has 2 aliphatic rings. The Kier molecular flexibility index (Phi) is 5.65. The van der Waals surface area contributed by atoms with E-state index in [9.17, 15) is 9.59 Å². The number of hydrogen-bond donors (Lipinski definition) is 0. The van der Waals surface area contributed by atoms with Crippen molar-refractivity contribution in [1.29, 1.82) is 0 Å². The minimum Gasteiger partial charge on any atom is -0.347 e. The lowest BCUT2D eigenvalue weighted by molar-refractivity contribution is -0.187. The van der Waals surface area contributed by atoms with Crippen LogP contribution in [-0.4, -0.2) is 65.2 Å². The molecule has 0 saturated carbocycles. The third-order valence-electron chi connectivity index (χ3n) is 4.81. The lowest BCUT2D eigenvalue weighted by Gasteiger charge is -2.37. The second-order valence-corrected chi connectivity index (χ2v) is 6.50. The summed E-state index contributed by atoms with van der Waals surface area (Å²) in [6.45, 7) is 4.89. The van der Waals surface area contributed by atoms with E-state index in [4.69, 9.17) is 9.47 Å². The second kappa shape index (κ2) is 7.93. The van der Waals surface area contributed by atoms with E-state index in [0.717, 1.165) is 5.69 Å². The monoisotopic (exact) mass is 347 g/mol. The lowest BCUT2D eigenvalue weighted by atomic mass is 10.0. The second-order valence-electron chi connectivity index (χ2n) is 6.50.